The summed E-state index contributed by atoms with van der Waals surface area (Å²) in [4.78, 5) is 0. The molecule has 4 nitrogen and oxygen atoms in total. The van der Waals surface area contributed by atoms with Crippen molar-refractivity contribution in [3.63, 3.8) is 0 Å². The van der Waals surface area contributed by atoms with Gasteiger partial charge in [0.05, 0.1) is 23.8 Å². The Kier molecular flexibility index (Phi) is 5.72. The number of nitrogens with zero attached hydrogens (tertiary/aromatic N) is 1. The second kappa shape index (κ2) is 7.75. The van der Waals surface area contributed by atoms with Crippen LogP contribution in [0.4, 0.5) is 0 Å². The molecule has 0 saturated carbocycles. The van der Waals surface area contributed by atoms with Crippen molar-refractivity contribution in [3.05, 3.63) is 52.0 Å². The summed E-state index contributed by atoms with van der Waals surface area (Å²) >= 11 is 6.13. The van der Waals surface area contributed by atoms with E-state index in [-0.39, 0.29) is 0 Å². The average Bonchev–Trinajstić information content (AvgIpc) is 2.55. The van der Waals surface area contributed by atoms with Crippen LogP contribution in [-0.2, 0) is 0 Å². The fourth-order valence-electron chi connectivity index (χ4n) is 2.03. The van der Waals surface area contributed by atoms with E-state index in [0.717, 1.165) is 5.75 Å². The van der Waals surface area contributed by atoms with Crippen molar-refractivity contribution in [3.8, 4) is 23.3 Å². The Morgan fingerprint density at radius 3 is 2.43 bits per heavy atom. The Morgan fingerprint density at radius 2 is 1.78 bits per heavy atom. The van der Waals surface area contributed by atoms with Gasteiger partial charge in [0.1, 0.15) is 19.0 Å². The molecule has 0 aliphatic rings. The predicted molar refractivity (Wildman–Crippen MR) is 89.6 cm³/mol. The maximum absolute atomic E-state index is 8.93. The molecule has 0 heterocycles. The predicted octanol–water partition coefficient (Wildman–Crippen LogP) is 4.29. The summed E-state index contributed by atoms with van der Waals surface area (Å²) in [5, 5.41) is 9.27. The summed E-state index contributed by atoms with van der Waals surface area (Å²) in [6.45, 7) is 4.79. The van der Waals surface area contributed by atoms with E-state index in [2.05, 4.69) is 6.92 Å². The minimum atomic E-state index is 0.314. The van der Waals surface area contributed by atoms with Gasteiger partial charge in [-0.3, -0.25) is 0 Å². The van der Waals surface area contributed by atoms with Crippen molar-refractivity contribution >= 4 is 11.6 Å². The van der Waals surface area contributed by atoms with Crippen LogP contribution in [0.2, 0.25) is 5.02 Å². The monoisotopic (exact) mass is 331 g/mol. The zero-order chi connectivity index (χ0) is 16.8. The van der Waals surface area contributed by atoms with Gasteiger partial charge in [-0.05, 0) is 43.2 Å². The normalized spacial score (nSPS) is 10.0. The zero-order valence-corrected chi connectivity index (χ0v) is 14.1. The SMILES string of the molecule is COc1cc(C#N)cc(Cl)c1OCCOc1ccc(C)c(C)c1. The van der Waals surface area contributed by atoms with Gasteiger partial charge in [-0.15, -0.1) is 0 Å². The van der Waals surface area contributed by atoms with E-state index in [1.54, 1.807) is 12.1 Å². The molecule has 0 aromatic heterocycles. The van der Waals surface area contributed by atoms with Crippen molar-refractivity contribution in [1.29, 1.82) is 5.26 Å². The summed E-state index contributed by atoms with van der Waals surface area (Å²) in [7, 11) is 1.51. The van der Waals surface area contributed by atoms with Gasteiger partial charge in [0.2, 0.25) is 0 Å². The smallest absolute Gasteiger partial charge is 0.179 e. The van der Waals surface area contributed by atoms with Gasteiger partial charge in [0.15, 0.2) is 11.5 Å². The average molecular weight is 332 g/mol. The van der Waals surface area contributed by atoms with Gasteiger partial charge in [-0.1, -0.05) is 17.7 Å². The van der Waals surface area contributed by atoms with Crippen LogP contribution >= 0.6 is 11.6 Å². The molecule has 0 aliphatic heterocycles. The number of rotatable bonds is 6. The molecule has 0 unspecified atom stereocenters. The number of hydrogen-bond acceptors (Lipinski definition) is 4. The van der Waals surface area contributed by atoms with E-state index in [1.807, 2.05) is 31.2 Å². The number of aryl methyl sites for hydroxylation is 2. The third-order valence-electron chi connectivity index (χ3n) is 3.44. The molecule has 0 amide bonds. The quantitative estimate of drug-likeness (QED) is 0.741. The fourth-order valence-corrected chi connectivity index (χ4v) is 2.30. The molecule has 120 valence electrons. The largest absolute Gasteiger partial charge is 0.493 e. The summed E-state index contributed by atoms with van der Waals surface area (Å²) < 4.78 is 16.5. The molecule has 0 bridgehead atoms. The molecule has 23 heavy (non-hydrogen) atoms. The second-order valence-corrected chi connectivity index (χ2v) is 5.45. The topological polar surface area (TPSA) is 51.5 Å². The van der Waals surface area contributed by atoms with E-state index >= 15 is 0 Å². The first-order chi connectivity index (χ1) is 11.0. The molecule has 0 aliphatic carbocycles. The first kappa shape index (κ1) is 17.0. The van der Waals surface area contributed by atoms with Gasteiger partial charge >= 0.3 is 0 Å². The number of nitriles is 1. The Bertz CT molecular complexity index is 738. The number of halogens is 1. The summed E-state index contributed by atoms with van der Waals surface area (Å²) in [5.41, 5.74) is 2.83. The molecule has 2 aromatic carbocycles. The van der Waals surface area contributed by atoms with Crippen LogP contribution in [0.25, 0.3) is 0 Å². The highest BCUT2D eigenvalue weighted by Crippen LogP contribution is 2.36. The van der Waals surface area contributed by atoms with Crippen LogP contribution in [0.15, 0.2) is 30.3 Å². The van der Waals surface area contributed by atoms with E-state index in [0.29, 0.717) is 35.3 Å². The lowest BCUT2D eigenvalue weighted by atomic mass is 10.1. The summed E-state index contributed by atoms with van der Waals surface area (Å²) in [5.74, 6) is 1.65. The molecule has 0 spiro atoms. The van der Waals surface area contributed by atoms with Crippen molar-refractivity contribution in [2.24, 2.45) is 0 Å². The second-order valence-electron chi connectivity index (χ2n) is 5.04. The Hall–Kier alpha value is -2.38. The van der Waals surface area contributed by atoms with Gasteiger partial charge in [-0.25, -0.2) is 0 Å². The molecule has 0 radical (unpaired) electrons. The van der Waals surface area contributed by atoms with Gasteiger partial charge in [-0.2, -0.15) is 5.26 Å². The van der Waals surface area contributed by atoms with Crippen molar-refractivity contribution < 1.29 is 14.2 Å². The zero-order valence-electron chi connectivity index (χ0n) is 13.4. The van der Waals surface area contributed by atoms with E-state index < -0.39 is 0 Å². The van der Waals surface area contributed by atoms with Gasteiger partial charge in [0.25, 0.3) is 0 Å². The highest BCUT2D eigenvalue weighted by molar-refractivity contribution is 6.32. The van der Waals surface area contributed by atoms with Crippen molar-refractivity contribution in [1.82, 2.24) is 0 Å². The van der Waals surface area contributed by atoms with E-state index in [1.165, 1.54) is 18.2 Å². The van der Waals surface area contributed by atoms with Gasteiger partial charge in [0, 0.05) is 6.07 Å². The van der Waals surface area contributed by atoms with Crippen LogP contribution in [0.5, 0.6) is 17.2 Å². The lowest BCUT2D eigenvalue weighted by Crippen LogP contribution is -2.10. The lowest BCUT2D eigenvalue weighted by molar-refractivity contribution is 0.211. The van der Waals surface area contributed by atoms with Crippen LogP contribution in [0, 0.1) is 25.2 Å². The molecular weight excluding hydrogens is 314 g/mol. The first-order valence-electron chi connectivity index (χ1n) is 7.15. The third-order valence-corrected chi connectivity index (χ3v) is 3.72. The van der Waals surface area contributed by atoms with Crippen LogP contribution in [-0.4, -0.2) is 20.3 Å². The molecule has 0 saturated heterocycles. The molecule has 0 fully saturated rings. The molecule has 0 atom stereocenters. The maximum Gasteiger partial charge on any atom is 0.179 e. The molecule has 2 aromatic rings. The van der Waals surface area contributed by atoms with Crippen LogP contribution in [0.3, 0.4) is 0 Å². The van der Waals surface area contributed by atoms with E-state index in [4.69, 9.17) is 31.1 Å². The molecule has 0 N–H and O–H groups in total. The Morgan fingerprint density at radius 1 is 1.04 bits per heavy atom. The number of ether oxygens (including phenoxy) is 3. The fraction of sp³-hybridized carbons (Fsp3) is 0.278. The minimum Gasteiger partial charge on any atom is -0.493 e. The lowest BCUT2D eigenvalue weighted by Gasteiger charge is -2.13. The summed E-state index contributed by atoms with van der Waals surface area (Å²) in [6, 6.07) is 11.1. The Labute approximate surface area is 141 Å². The van der Waals surface area contributed by atoms with Crippen LogP contribution in [0.1, 0.15) is 16.7 Å². The molecule has 2 rings (SSSR count). The first-order valence-corrected chi connectivity index (χ1v) is 7.53. The number of methoxy groups -OCH3 is 1. The highest BCUT2D eigenvalue weighted by Gasteiger charge is 2.12. The standard InChI is InChI=1S/C18H18ClNO3/c1-12-4-5-15(8-13(12)2)22-6-7-23-18-16(19)9-14(11-20)10-17(18)21-3/h4-5,8-10H,6-7H2,1-3H3. The van der Waals surface area contributed by atoms with Crippen LogP contribution < -0.4 is 14.2 Å². The Balaban J connectivity index is 1.96. The van der Waals surface area contributed by atoms with Crippen molar-refractivity contribution in [2.75, 3.05) is 20.3 Å². The summed E-state index contributed by atoms with van der Waals surface area (Å²) in [6.07, 6.45) is 0. The van der Waals surface area contributed by atoms with Crippen molar-refractivity contribution in [2.45, 2.75) is 13.8 Å². The van der Waals surface area contributed by atoms with Gasteiger partial charge < -0.3 is 14.2 Å². The third kappa shape index (κ3) is 4.30. The van der Waals surface area contributed by atoms with E-state index in [9.17, 15) is 0 Å². The molecular formula is C18H18ClNO3. The number of hydrogen-bond donors (Lipinski definition) is 0. The molecule has 5 heteroatoms. The maximum atomic E-state index is 8.93. The highest BCUT2D eigenvalue weighted by atomic mass is 35.5. The number of benzene rings is 2. The minimum absolute atomic E-state index is 0.314.